The third kappa shape index (κ3) is 3.84. The molecule has 1 heterocycles. The highest BCUT2D eigenvalue weighted by Crippen LogP contribution is 2.12. The molecule has 0 spiro atoms. The van der Waals surface area contributed by atoms with E-state index in [-0.39, 0.29) is 12.0 Å². The maximum atomic E-state index is 12.4. The third-order valence-corrected chi connectivity index (χ3v) is 4.16. The fourth-order valence-electron chi connectivity index (χ4n) is 2.51. The summed E-state index contributed by atoms with van der Waals surface area (Å²) in [5.41, 5.74) is 0.759. The van der Waals surface area contributed by atoms with Gasteiger partial charge in [0, 0.05) is 27.2 Å². The Morgan fingerprint density at radius 2 is 1.88 bits per heavy atom. The summed E-state index contributed by atoms with van der Waals surface area (Å²) in [6, 6.07) is 9.53. The molecule has 0 saturated carbocycles. The molecular weight excluding hydrogens is 306 g/mol. The summed E-state index contributed by atoms with van der Waals surface area (Å²) < 4.78 is 2.22. The lowest BCUT2D eigenvalue weighted by Gasteiger charge is -2.21. The molecule has 7 nitrogen and oxygen atoms in total. The van der Waals surface area contributed by atoms with E-state index in [1.165, 1.54) is 10.1 Å². The Hall–Kier alpha value is -2.57. The minimum absolute atomic E-state index is 0.0885. The fourth-order valence-corrected chi connectivity index (χ4v) is 2.51. The maximum absolute atomic E-state index is 12.4. The van der Waals surface area contributed by atoms with Crippen LogP contribution in [0, 0.1) is 5.92 Å². The Labute approximate surface area is 141 Å². The Balaban J connectivity index is 2.06. The molecule has 2 unspecified atom stereocenters. The van der Waals surface area contributed by atoms with E-state index < -0.39 is 11.7 Å². The number of rotatable bonds is 5. The van der Waals surface area contributed by atoms with E-state index in [4.69, 9.17) is 0 Å². The van der Waals surface area contributed by atoms with Crippen molar-refractivity contribution in [1.29, 1.82) is 0 Å². The van der Waals surface area contributed by atoms with Crippen LogP contribution < -0.4 is 15.9 Å². The van der Waals surface area contributed by atoms with Crippen molar-refractivity contribution in [2.24, 2.45) is 13.0 Å². The molecular formula is C17H25N5O2. The zero-order chi connectivity index (χ0) is 17.9. The Kier molecular flexibility index (Phi) is 5.43. The Bertz CT molecular complexity index is 748. The molecule has 130 valence electrons. The fraction of sp³-hybridized carbons (Fsp3) is 0.471. The van der Waals surface area contributed by atoms with Crippen molar-refractivity contribution in [3.05, 3.63) is 46.4 Å². The summed E-state index contributed by atoms with van der Waals surface area (Å²) >= 11 is 0. The second kappa shape index (κ2) is 7.33. The molecule has 0 bridgehead atoms. The van der Waals surface area contributed by atoms with Crippen LogP contribution in [0.2, 0.25) is 0 Å². The summed E-state index contributed by atoms with van der Waals surface area (Å²) in [7, 11) is 5.14. The number of carbonyl (C=O) groups excluding carboxylic acids is 1. The quantitative estimate of drug-likeness (QED) is 0.901. The first-order chi connectivity index (χ1) is 11.3. The number of benzene rings is 1. The highest BCUT2D eigenvalue weighted by atomic mass is 16.2. The van der Waals surface area contributed by atoms with E-state index >= 15 is 0 Å². The van der Waals surface area contributed by atoms with Gasteiger partial charge in [0.1, 0.15) is 0 Å². The predicted octanol–water partition coefficient (Wildman–Crippen LogP) is 1.47. The molecule has 0 saturated heterocycles. The van der Waals surface area contributed by atoms with Gasteiger partial charge in [-0.1, -0.05) is 37.3 Å². The first-order valence-electron chi connectivity index (χ1n) is 7.99. The summed E-state index contributed by atoms with van der Waals surface area (Å²) in [5.74, 6) is 0.657. The van der Waals surface area contributed by atoms with Gasteiger partial charge in [-0.05, 0) is 24.8 Å². The molecule has 0 aliphatic heterocycles. The predicted molar refractivity (Wildman–Crippen MR) is 94.5 cm³/mol. The average Bonchev–Trinajstić information content (AvgIpc) is 2.84. The molecule has 0 aliphatic rings. The van der Waals surface area contributed by atoms with Crippen molar-refractivity contribution >= 4 is 12.0 Å². The largest absolute Gasteiger partial charge is 0.355 e. The van der Waals surface area contributed by atoms with E-state index in [9.17, 15) is 9.59 Å². The number of nitrogens with zero attached hydrogens (tertiary/aromatic N) is 4. The van der Waals surface area contributed by atoms with Crippen LogP contribution in [0.25, 0.3) is 0 Å². The normalized spacial score (nSPS) is 13.4. The van der Waals surface area contributed by atoms with Gasteiger partial charge in [-0.25, -0.2) is 9.59 Å². The summed E-state index contributed by atoms with van der Waals surface area (Å²) in [6.07, 6.45) is 0.850. The zero-order valence-electron chi connectivity index (χ0n) is 14.9. The van der Waals surface area contributed by atoms with Crippen LogP contribution in [-0.4, -0.2) is 40.5 Å². The van der Waals surface area contributed by atoms with Gasteiger partial charge in [0.15, 0.2) is 0 Å². The average molecular weight is 331 g/mol. The van der Waals surface area contributed by atoms with Gasteiger partial charge in [0.25, 0.3) is 0 Å². The molecule has 24 heavy (non-hydrogen) atoms. The van der Waals surface area contributed by atoms with Gasteiger partial charge in [0.2, 0.25) is 5.95 Å². The van der Waals surface area contributed by atoms with Crippen LogP contribution in [0.5, 0.6) is 0 Å². The molecule has 2 atom stereocenters. The molecule has 1 amide bonds. The second-order valence-corrected chi connectivity index (χ2v) is 6.35. The first kappa shape index (κ1) is 17.8. The van der Waals surface area contributed by atoms with Gasteiger partial charge in [0.05, 0.1) is 0 Å². The molecule has 2 aromatic rings. The van der Waals surface area contributed by atoms with Gasteiger partial charge in [-0.2, -0.15) is 0 Å². The lowest BCUT2D eigenvalue weighted by atomic mass is 9.95. The molecule has 1 aromatic carbocycles. The number of amides is 1. The Morgan fingerprint density at radius 1 is 1.25 bits per heavy atom. The molecule has 0 aliphatic carbocycles. The van der Waals surface area contributed by atoms with Crippen molar-refractivity contribution in [3.8, 4) is 0 Å². The molecule has 0 radical (unpaired) electrons. The monoisotopic (exact) mass is 331 g/mol. The van der Waals surface area contributed by atoms with Gasteiger partial charge in [-0.3, -0.25) is 4.57 Å². The van der Waals surface area contributed by atoms with Gasteiger partial charge >= 0.3 is 11.7 Å². The van der Waals surface area contributed by atoms with Crippen molar-refractivity contribution in [2.75, 3.05) is 19.0 Å². The SMILES string of the molecule is CC(Cc1ccccc1)C(C)NC(=O)n1nc(N(C)C)n(C)c1=O. The highest BCUT2D eigenvalue weighted by Gasteiger charge is 2.21. The zero-order valence-corrected chi connectivity index (χ0v) is 14.9. The number of nitrogens with one attached hydrogen (secondary N) is 1. The van der Waals surface area contributed by atoms with Gasteiger partial charge in [-0.15, -0.1) is 9.78 Å². The number of aromatic nitrogens is 3. The van der Waals surface area contributed by atoms with Crippen LogP contribution in [0.15, 0.2) is 35.1 Å². The van der Waals surface area contributed by atoms with E-state index in [0.29, 0.717) is 5.95 Å². The van der Waals surface area contributed by atoms with Crippen molar-refractivity contribution < 1.29 is 4.79 Å². The molecule has 0 fully saturated rings. The lowest BCUT2D eigenvalue weighted by Crippen LogP contribution is -2.44. The van der Waals surface area contributed by atoms with Crippen LogP contribution in [-0.2, 0) is 13.5 Å². The first-order valence-corrected chi connectivity index (χ1v) is 7.99. The van der Waals surface area contributed by atoms with E-state index in [0.717, 1.165) is 11.1 Å². The van der Waals surface area contributed by atoms with E-state index in [1.807, 2.05) is 25.1 Å². The van der Waals surface area contributed by atoms with Crippen LogP contribution in [0.4, 0.5) is 10.7 Å². The van der Waals surface area contributed by atoms with E-state index in [2.05, 4.69) is 29.5 Å². The number of hydrogen-bond donors (Lipinski definition) is 1. The van der Waals surface area contributed by atoms with Crippen molar-refractivity contribution in [3.63, 3.8) is 0 Å². The summed E-state index contributed by atoms with van der Waals surface area (Å²) in [4.78, 5) is 26.2. The third-order valence-electron chi connectivity index (χ3n) is 4.16. The standard InChI is InChI=1S/C17H25N5O2/c1-12(11-14-9-7-6-8-10-14)13(2)18-16(23)22-17(24)21(5)15(19-22)20(3)4/h6-10,12-13H,11H2,1-5H3,(H,18,23). The van der Waals surface area contributed by atoms with Crippen molar-refractivity contribution in [1.82, 2.24) is 19.7 Å². The molecule has 1 N–H and O–H groups in total. The minimum atomic E-state index is -0.504. The summed E-state index contributed by atoms with van der Waals surface area (Å²) in [6.45, 7) is 4.01. The Morgan fingerprint density at radius 3 is 2.42 bits per heavy atom. The molecule has 7 heteroatoms. The highest BCUT2D eigenvalue weighted by molar-refractivity contribution is 5.76. The smallest absolute Gasteiger partial charge is 0.347 e. The molecule has 1 aromatic heterocycles. The van der Waals surface area contributed by atoms with Gasteiger partial charge < -0.3 is 10.2 Å². The number of anilines is 1. The second-order valence-electron chi connectivity index (χ2n) is 6.35. The van der Waals surface area contributed by atoms with E-state index in [1.54, 1.807) is 26.0 Å². The van der Waals surface area contributed by atoms with Crippen molar-refractivity contribution in [2.45, 2.75) is 26.3 Å². The number of hydrogen-bond acceptors (Lipinski definition) is 4. The number of carbonyl (C=O) groups is 1. The topological polar surface area (TPSA) is 72.2 Å². The molecule has 2 rings (SSSR count). The van der Waals surface area contributed by atoms with Crippen LogP contribution >= 0.6 is 0 Å². The maximum Gasteiger partial charge on any atom is 0.355 e. The van der Waals surface area contributed by atoms with Crippen LogP contribution in [0.1, 0.15) is 19.4 Å². The summed E-state index contributed by atoms with van der Waals surface area (Å²) in [5, 5.41) is 6.95. The lowest BCUT2D eigenvalue weighted by molar-refractivity contribution is 0.231. The minimum Gasteiger partial charge on any atom is -0.347 e. The van der Waals surface area contributed by atoms with Crippen LogP contribution in [0.3, 0.4) is 0 Å².